The number of ether oxygens (including phenoxy) is 1. The summed E-state index contributed by atoms with van der Waals surface area (Å²) < 4.78 is 5.33. The Kier molecular flexibility index (Phi) is 7.97. The largest absolute Gasteiger partial charge is 0.391 e. The van der Waals surface area contributed by atoms with Crippen molar-refractivity contribution in [2.75, 3.05) is 7.11 Å². The first-order chi connectivity index (χ1) is 8.17. The number of aliphatic hydroxyl groups is 2. The smallest absolute Gasteiger partial charge is 0.0863 e. The van der Waals surface area contributed by atoms with Crippen LogP contribution in [0.25, 0.3) is 0 Å². The maximum Gasteiger partial charge on any atom is 0.0863 e. The van der Waals surface area contributed by atoms with Gasteiger partial charge in [0.1, 0.15) is 0 Å². The van der Waals surface area contributed by atoms with Gasteiger partial charge in [-0.3, -0.25) is 0 Å². The normalized spacial score (nSPS) is 23.6. The Morgan fingerprint density at radius 2 is 1.89 bits per heavy atom. The van der Waals surface area contributed by atoms with Crippen molar-refractivity contribution in [1.29, 1.82) is 0 Å². The number of halogens is 1. The minimum Gasteiger partial charge on any atom is -0.391 e. The molecule has 3 nitrogen and oxygen atoms in total. The van der Waals surface area contributed by atoms with Gasteiger partial charge in [-0.15, -0.1) is 6.58 Å². The van der Waals surface area contributed by atoms with E-state index in [9.17, 15) is 10.2 Å². The van der Waals surface area contributed by atoms with E-state index in [2.05, 4.69) is 29.2 Å². The van der Waals surface area contributed by atoms with Crippen LogP contribution in [0.3, 0.4) is 0 Å². The van der Waals surface area contributed by atoms with Crippen LogP contribution in [0.4, 0.5) is 0 Å². The Morgan fingerprint density at radius 3 is 2.22 bits per heavy atom. The summed E-state index contributed by atoms with van der Waals surface area (Å²) >= 11 is 2.26. The number of hydrogen-bond acceptors (Lipinski definition) is 3. The Labute approximate surface area is 125 Å². The molecule has 2 unspecified atom stereocenters. The van der Waals surface area contributed by atoms with Gasteiger partial charge >= 0.3 is 0 Å². The zero-order chi connectivity index (χ0) is 14.5. The Morgan fingerprint density at radius 1 is 1.39 bits per heavy atom. The molecule has 0 aromatic heterocycles. The van der Waals surface area contributed by atoms with Crippen molar-refractivity contribution in [3.63, 3.8) is 0 Å². The first kappa shape index (κ1) is 18.4. The average molecular weight is 370 g/mol. The van der Waals surface area contributed by atoms with Crippen molar-refractivity contribution in [1.82, 2.24) is 0 Å². The van der Waals surface area contributed by atoms with Crippen LogP contribution in [-0.2, 0) is 4.74 Å². The van der Waals surface area contributed by atoms with Gasteiger partial charge in [0.2, 0.25) is 0 Å². The van der Waals surface area contributed by atoms with Crippen LogP contribution in [0.5, 0.6) is 0 Å². The summed E-state index contributed by atoms with van der Waals surface area (Å²) in [7, 11) is 1.60. The molecule has 0 saturated heterocycles. The number of aliphatic hydroxyl groups excluding tert-OH is 1. The van der Waals surface area contributed by atoms with Crippen LogP contribution in [-0.4, -0.2) is 39.1 Å². The highest BCUT2D eigenvalue weighted by Gasteiger charge is 2.39. The number of hydrogen-bond donors (Lipinski definition) is 2. The second-order valence-electron chi connectivity index (χ2n) is 5.48. The highest BCUT2D eigenvalue weighted by atomic mass is 127. The number of allylic oxidation sites excluding steroid dienone is 1. The van der Waals surface area contributed by atoms with Crippen LogP contribution >= 0.6 is 22.6 Å². The van der Waals surface area contributed by atoms with Crippen LogP contribution < -0.4 is 0 Å². The van der Waals surface area contributed by atoms with Gasteiger partial charge in [-0.1, -0.05) is 42.5 Å². The molecule has 18 heavy (non-hydrogen) atoms. The highest BCUT2D eigenvalue weighted by Crippen LogP contribution is 2.34. The second-order valence-corrected chi connectivity index (χ2v) is 6.82. The number of alkyl halides is 1. The summed E-state index contributed by atoms with van der Waals surface area (Å²) in [4.78, 5) is 0. The molecule has 0 aliphatic rings. The predicted molar refractivity (Wildman–Crippen MR) is 84.1 cm³/mol. The SMILES string of the molecule is C=C[C@@H](C)CC(C)(O)[C@H](I)[C@H](C)[C@@H](OC)C(C)O. The molecule has 4 heteroatoms. The molecule has 108 valence electrons. The van der Waals surface area contributed by atoms with Crippen LogP contribution in [0.15, 0.2) is 12.7 Å². The molecule has 0 bridgehead atoms. The summed E-state index contributed by atoms with van der Waals surface area (Å²) in [5.74, 6) is 0.319. The third-order valence-corrected chi connectivity index (χ3v) is 5.94. The molecule has 0 aromatic rings. The lowest BCUT2D eigenvalue weighted by Gasteiger charge is -2.38. The molecule has 0 spiro atoms. The van der Waals surface area contributed by atoms with Crippen LogP contribution in [0.2, 0.25) is 0 Å². The van der Waals surface area contributed by atoms with Gasteiger partial charge in [-0.2, -0.15) is 0 Å². The lowest BCUT2D eigenvalue weighted by atomic mass is 9.82. The van der Waals surface area contributed by atoms with E-state index in [1.807, 2.05) is 26.8 Å². The van der Waals surface area contributed by atoms with E-state index in [0.717, 1.165) is 0 Å². The van der Waals surface area contributed by atoms with E-state index in [-0.39, 0.29) is 21.9 Å². The van der Waals surface area contributed by atoms with E-state index < -0.39 is 11.7 Å². The Hall–Kier alpha value is 0.350. The van der Waals surface area contributed by atoms with Crippen molar-refractivity contribution in [3.05, 3.63) is 12.7 Å². The van der Waals surface area contributed by atoms with E-state index >= 15 is 0 Å². The van der Waals surface area contributed by atoms with Crippen molar-refractivity contribution in [2.45, 2.75) is 55.8 Å². The molecule has 0 aliphatic carbocycles. The van der Waals surface area contributed by atoms with Crippen molar-refractivity contribution < 1.29 is 14.9 Å². The van der Waals surface area contributed by atoms with E-state index in [1.165, 1.54) is 0 Å². The van der Waals surface area contributed by atoms with E-state index in [1.54, 1.807) is 14.0 Å². The number of methoxy groups -OCH3 is 1. The fourth-order valence-corrected chi connectivity index (χ4v) is 3.10. The summed E-state index contributed by atoms with van der Waals surface area (Å²) in [6.07, 6.45) is 1.70. The zero-order valence-corrected chi connectivity index (χ0v) is 14.2. The van der Waals surface area contributed by atoms with Crippen molar-refractivity contribution in [2.24, 2.45) is 11.8 Å². The lowest BCUT2D eigenvalue weighted by molar-refractivity contribution is -0.0553. The molecule has 0 rings (SSSR count). The first-order valence-corrected chi connectivity index (χ1v) is 7.61. The van der Waals surface area contributed by atoms with E-state index in [4.69, 9.17) is 4.74 Å². The van der Waals surface area contributed by atoms with Crippen LogP contribution in [0, 0.1) is 11.8 Å². The quantitative estimate of drug-likeness (QED) is 0.393. The maximum atomic E-state index is 10.6. The Bertz CT molecular complexity index is 253. The summed E-state index contributed by atoms with van der Waals surface area (Å²) in [5, 5.41) is 20.3. The molecular formula is C14H27IO3. The molecule has 2 N–H and O–H groups in total. The molecule has 0 radical (unpaired) electrons. The third kappa shape index (κ3) is 5.15. The molecule has 0 fully saturated rings. The van der Waals surface area contributed by atoms with Gasteiger partial charge < -0.3 is 14.9 Å². The fraction of sp³-hybridized carbons (Fsp3) is 0.857. The van der Waals surface area contributed by atoms with Crippen LogP contribution in [0.1, 0.15) is 34.1 Å². The van der Waals surface area contributed by atoms with Gasteiger partial charge in [0.25, 0.3) is 0 Å². The molecular weight excluding hydrogens is 343 g/mol. The molecule has 0 saturated carbocycles. The maximum absolute atomic E-state index is 10.6. The van der Waals surface area contributed by atoms with Gasteiger partial charge in [0, 0.05) is 11.0 Å². The summed E-state index contributed by atoms with van der Waals surface area (Å²) in [5.41, 5.74) is -0.806. The minimum absolute atomic E-state index is 0.00273. The summed E-state index contributed by atoms with van der Waals surface area (Å²) in [6, 6.07) is 0. The standard InChI is InChI=1S/C14H27IO3/c1-7-9(2)8-14(5,17)13(15)10(3)12(18-6)11(4)16/h7,9-13,16-17H,1,8H2,2-6H3/t9-,10-,11?,12-,13-,14?/m1/s1. The minimum atomic E-state index is -0.806. The number of rotatable bonds is 8. The lowest BCUT2D eigenvalue weighted by Crippen LogP contribution is -2.47. The summed E-state index contributed by atoms with van der Waals surface area (Å²) in [6.45, 7) is 11.4. The molecule has 0 amide bonds. The van der Waals surface area contributed by atoms with Gasteiger partial charge in [0.05, 0.1) is 17.8 Å². The molecule has 6 atom stereocenters. The van der Waals surface area contributed by atoms with Gasteiger partial charge in [0.15, 0.2) is 0 Å². The first-order valence-electron chi connectivity index (χ1n) is 6.37. The van der Waals surface area contributed by atoms with E-state index in [0.29, 0.717) is 6.42 Å². The highest BCUT2D eigenvalue weighted by molar-refractivity contribution is 14.1. The third-order valence-electron chi connectivity index (χ3n) is 3.46. The monoisotopic (exact) mass is 370 g/mol. The Balaban J connectivity index is 4.78. The topological polar surface area (TPSA) is 49.7 Å². The van der Waals surface area contributed by atoms with Gasteiger partial charge in [-0.05, 0) is 32.1 Å². The predicted octanol–water partition coefficient (Wildman–Crippen LogP) is 2.79. The van der Waals surface area contributed by atoms with Gasteiger partial charge in [-0.25, -0.2) is 0 Å². The fourth-order valence-electron chi connectivity index (χ4n) is 2.43. The van der Waals surface area contributed by atoms with Crippen molar-refractivity contribution >= 4 is 22.6 Å². The molecule has 0 aliphatic heterocycles. The second kappa shape index (κ2) is 7.82. The van der Waals surface area contributed by atoms with Crippen molar-refractivity contribution in [3.8, 4) is 0 Å². The average Bonchev–Trinajstić information content (AvgIpc) is 2.27. The zero-order valence-electron chi connectivity index (χ0n) is 12.1. The molecule has 0 heterocycles. The molecule has 0 aromatic carbocycles.